The minimum Gasteiger partial charge on any atom is -0.505 e. The van der Waals surface area contributed by atoms with Crippen LogP contribution in [0.15, 0.2) is 12.1 Å². The molecule has 0 radical (unpaired) electrons. The van der Waals surface area contributed by atoms with Gasteiger partial charge in [-0.2, -0.15) is 0 Å². The minimum atomic E-state index is -2.64. The second kappa shape index (κ2) is 5.96. The van der Waals surface area contributed by atoms with Crippen molar-refractivity contribution in [2.24, 2.45) is 29.4 Å². The van der Waals surface area contributed by atoms with Gasteiger partial charge in [0.2, 0.25) is 5.91 Å². The summed E-state index contributed by atoms with van der Waals surface area (Å²) < 4.78 is 0. The predicted molar refractivity (Wildman–Crippen MR) is 97.6 cm³/mol. The van der Waals surface area contributed by atoms with Crippen LogP contribution in [-0.4, -0.2) is 44.9 Å². The molecule has 0 aromatic heterocycles. The Bertz CT molecular complexity index is 1020. The second-order valence-corrected chi connectivity index (χ2v) is 8.20. The number of carbonyl (C=O) groups is 5. The van der Waals surface area contributed by atoms with Gasteiger partial charge in [0.15, 0.2) is 34.7 Å². The fourth-order valence-corrected chi connectivity index (χ4v) is 5.29. The molecule has 6 N–H and O–H groups in total. The molecule has 1 aromatic rings. The van der Waals surface area contributed by atoms with Crippen molar-refractivity contribution in [2.45, 2.75) is 31.3 Å². The Labute approximate surface area is 165 Å². The number of aromatic hydroxyl groups is 1. The SMILES string of the molecule is C[C@H]1c2ccc(N)c(O)c2C(=O)C2C(=O)[C@]3(O)C(=O)C(C(N)=O)C(=O)C[C@@H]3C[C@@H]21. The number of aliphatic hydroxyl groups is 1. The quantitative estimate of drug-likeness (QED) is 0.276. The van der Waals surface area contributed by atoms with Gasteiger partial charge in [-0.25, -0.2) is 0 Å². The average molecular weight is 400 g/mol. The maximum absolute atomic E-state index is 13.3. The number of nitrogens with two attached hydrogens (primary N) is 2. The van der Waals surface area contributed by atoms with Gasteiger partial charge >= 0.3 is 0 Å². The summed E-state index contributed by atoms with van der Waals surface area (Å²) in [5, 5.41) is 21.4. The van der Waals surface area contributed by atoms with E-state index in [9.17, 15) is 34.2 Å². The van der Waals surface area contributed by atoms with E-state index in [0.29, 0.717) is 5.56 Å². The Morgan fingerprint density at radius 2 is 1.83 bits per heavy atom. The number of ketones is 4. The van der Waals surface area contributed by atoms with Gasteiger partial charge in [-0.15, -0.1) is 0 Å². The highest BCUT2D eigenvalue weighted by Gasteiger charge is 2.66. The first-order valence-electron chi connectivity index (χ1n) is 9.30. The van der Waals surface area contributed by atoms with Crippen molar-refractivity contribution in [3.8, 4) is 5.75 Å². The molecule has 0 bridgehead atoms. The lowest BCUT2D eigenvalue weighted by molar-refractivity contribution is -0.176. The Morgan fingerprint density at radius 1 is 1.17 bits per heavy atom. The maximum Gasteiger partial charge on any atom is 0.235 e. The summed E-state index contributed by atoms with van der Waals surface area (Å²) in [4.78, 5) is 63.1. The number of primary amides is 1. The van der Waals surface area contributed by atoms with Crippen LogP contribution in [0, 0.1) is 23.7 Å². The summed E-state index contributed by atoms with van der Waals surface area (Å²) >= 11 is 0. The van der Waals surface area contributed by atoms with E-state index in [1.54, 1.807) is 13.0 Å². The summed E-state index contributed by atoms with van der Waals surface area (Å²) in [5.74, 6) is -10.7. The fourth-order valence-electron chi connectivity index (χ4n) is 5.29. The number of rotatable bonds is 1. The first kappa shape index (κ1) is 19.3. The molecule has 0 spiro atoms. The van der Waals surface area contributed by atoms with Crippen molar-refractivity contribution < 1.29 is 34.2 Å². The van der Waals surface area contributed by atoms with Crippen molar-refractivity contribution in [1.82, 2.24) is 0 Å². The molecule has 2 fully saturated rings. The van der Waals surface area contributed by atoms with Crippen LogP contribution < -0.4 is 11.5 Å². The number of hydrogen-bond donors (Lipinski definition) is 4. The number of fused-ring (bicyclic) bond motifs is 3. The van der Waals surface area contributed by atoms with Crippen LogP contribution in [0.25, 0.3) is 0 Å². The molecular weight excluding hydrogens is 380 g/mol. The lowest BCUT2D eigenvalue weighted by Crippen LogP contribution is -2.68. The van der Waals surface area contributed by atoms with Crippen molar-refractivity contribution in [1.29, 1.82) is 0 Å². The average Bonchev–Trinajstić information content (AvgIpc) is 2.64. The molecule has 9 nitrogen and oxygen atoms in total. The van der Waals surface area contributed by atoms with Crippen molar-refractivity contribution >= 4 is 34.7 Å². The highest BCUT2D eigenvalue weighted by Crippen LogP contribution is 2.54. The van der Waals surface area contributed by atoms with E-state index < -0.39 is 64.1 Å². The minimum absolute atomic E-state index is 0.0317. The number of amides is 1. The maximum atomic E-state index is 13.3. The lowest BCUT2D eigenvalue weighted by atomic mass is 9.52. The highest BCUT2D eigenvalue weighted by atomic mass is 16.3. The first-order valence-corrected chi connectivity index (χ1v) is 9.30. The summed E-state index contributed by atoms with van der Waals surface area (Å²) in [5.41, 5.74) is 8.58. The van der Waals surface area contributed by atoms with Crippen molar-refractivity contribution in [3.05, 3.63) is 23.3 Å². The van der Waals surface area contributed by atoms with Crippen LogP contribution >= 0.6 is 0 Å². The third-order valence-electron chi connectivity index (χ3n) is 6.83. The largest absolute Gasteiger partial charge is 0.505 e. The number of nitrogen functional groups attached to an aromatic ring is 1. The first-order chi connectivity index (χ1) is 13.5. The van der Waals surface area contributed by atoms with Gasteiger partial charge in [0.1, 0.15) is 5.75 Å². The van der Waals surface area contributed by atoms with Crippen molar-refractivity contribution in [3.63, 3.8) is 0 Å². The van der Waals surface area contributed by atoms with Gasteiger partial charge in [-0.1, -0.05) is 13.0 Å². The third kappa shape index (κ3) is 2.27. The monoisotopic (exact) mass is 400 g/mol. The smallest absolute Gasteiger partial charge is 0.235 e. The van der Waals surface area contributed by atoms with Crippen LogP contribution in [0.1, 0.15) is 41.6 Å². The second-order valence-electron chi connectivity index (χ2n) is 8.20. The Morgan fingerprint density at radius 3 is 2.45 bits per heavy atom. The normalized spacial score (nSPS) is 36.3. The van der Waals surface area contributed by atoms with Crippen LogP contribution in [-0.2, 0) is 19.2 Å². The molecule has 6 atom stereocenters. The van der Waals surface area contributed by atoms with Gasteiger partial charge in [0.05, 0.1) is 17.2 Å². The molecule has 0 aliphatic heterocycles. The molecule has 29 heavy (non-hydrogen) atoms. The van der Waals surface area contributed by atoms with E-state index >= 15 is 0 Å². The molecule has 2 saturated carbocycles. The van der Waals surface area contributed by atoms with E-state index in [1.165, 1.54) is 6.07 Å². The lowest BCUT2D eigenvalue weighted by Gasteiger charge is -2.50. The van der Waals surface area contributed by atoms with Crippen LogP contribution in [0.4, 0.5) is 5.69 Å². The number of carbonyl (C=O) groups excluding carboxylic acids is 5. The molecule has 4 rings (SSSR count). The molecule has 152 valence electrons. The van der Waals surface area contributed by atoms with Gasteiger partial charge in [0.25, 0.3) is 0 Å². The topological polar surface area (TPSA) is 178 Å². The molecule has 3 aliphatic carbocycles. The number of phenols is 1. The molecule has 9 heteroatoms. The number of Topliss-reactive ketones (excluding diaryl/α,β-unsaturated/α-hetero) is 4. The van der Waals surface area contributed by atoms with Gasteiger partial charge in [-0.3, -0.25) is 24.0 Å². The standard InChI is InChI=1S/C20H20N2O7/c1-6-8-2-3-10(21)15(24)12(8)16(25)13-9(6)4-7-5-11(23)14(19(22)28)18(27)20(7,29)17(13)26/h2-3,6-7,9,13-14,24,29H,4-5,21H2,1H3,(H2,22,28)/t6-,7-,9+,13?,14?,20-/m0/s1. The third-order valence-corrected chi connectivity index (χ3v) is 6.83. The highest BCUT2D eigenvalue weighted by molar-refractivity contribution is 6.31. The number of hydrogen-bond acceptors (Lipinski definition) is 8. The number of benzene rings is 1. The zero-order valence-corrected chi connectivity index (χ0v) is 15.5. The van der Waals surface area contributed by atoms with Crippen molar-refractivity contribution in [2.75, 3.05) is 5.73 Å². The molecule has 3 aliphatic rings. The van der Waals surface area contributed by atoms with E-state index in [-0.39, 0.29) is 30.0 Å². The molecular formula is C20H20N2O7. The fraction of sp³-hybridized carbons (Fsp3) is 0.450. The summed E-state index contributed by atoms with van der Waals surface area (Å²) in [6.45, 7) is 1.77. The van der Waals surface area contributed by atoms with Crippen LogP contribution in [0.5, 0.6) is 5.75 Å². The molecule has 2 unspecified atom stereocenters. The summed E-state index contributed by atoms with van der Waals surface area (Å²) in [7, 11) is 0. The predicted octanol–water partition coefficient (Wildman–Crippen LogP) is -0.530. The van der Waals surface area contributed by atoms with E-state index in [0.717, 1.165) is 0 Å². The zero-order chi connectivity index (χ0) is 21.4. The summed E-state index contributed by atoms with van der Waals surface area (Å²) in [6, 6.07) is 3.07. The molecule has 0 saturated heterocycles. The van der Waals surface area contributed by atoms with Gasteiger partial charge in [-0.05, 0) is 29.9 Å². The Kier molecular flexibility index (Phi) is 3.96. The molecule has 1 aromatic carbocycles. The van der Waals surface area contributed by atoms with Crippen LogP contribution in [0.2, 0.25) is 0 Å². The zero-order valence-electron chi connectivity index (χ0n) is 15.5. The number of phenolic OH excluding ortho intramolecular Hbond substituents is 1. The Balaban J connectivity index is 1.86. The van der Waals surface area contributed by atoms with Crippen LogP contribution in [0.3, 0.4) is 0 Å². The molecule has 0 heterocycles. The van der Waals surface area contributed by atoms with Gasteiger partial charge in [0, 0.05) is 12.3 Å². The van der Waals surface area contributed by atoms with Gasteiger partial charge < -0.3 is 21.7 Å². The van der Waals surface area contributed by atoms with E-state index in [4.69, 9.17) is 11.5 Å². The van der Waals surface area contributed by atoms with E-state index in [2.05, 4.69) is 0 Å². The Hall–Kier alpha value is -3.07. The van der Waals surface area contributed by atoms with E-state index in [1.807, 2.05) is 0 Å². The number of anilines is 1. The molecule has 1 amide bonds. The summed E-state index contributed by atoms with van der Waals surface area (Å²) in [6.07, 6.45) is -0.293.